The van der Waals surface area contributed by atoms with Crippen LogP contribution < -0.4 is 0 Å². The molecular weight excluding hydrogens is 288 g/mol. The van der Waals surface area contributed by atoms with Gasteiger partial charge in [-0.15, -0.1) is 0 Å². The van der Waals surface area contributed by atoms with Crippen molar-refractivity contribution >= 4 is 0 Å². The van der Waals surface area contributed by atoms with Gasteiger partial charge >= 0.3 is 0 Å². The van der Waals surface area contributed by atoms with E-state index in [9.17, 15) is 0 Å². The number of hydrogen-bond donors (Lipinski definition) is 1. The fourth-order valence-corrected chi connectivity index (χ4v) is 0.444. The molecule has 4 heteroatoms. The molecule has 1 radical (unpaired) electrons. The van der Waals surface area contributed by atoms with E-state index in [1.54, 1.807) is 0 Å². The van der Waals surface area contributed by atoms with E-state index in [4.69, 9.17) is 0 Å². The number of H-pyrrole nitrogens is 1. The maximum absolute atomic E-state index is 3.82. The van der Waals surface area contributed by atoms with E-state index < -0.39 is 0 Å². The molecule has 1 N–H and O–H groups in total. The summed E-state index contributed by atoms with van der Waals surface area (Å²) in [4.78, 5) is 3.82. The van der Waals surface area contributed by atoms with Crippen LogP contribution >= 0.6 is 0 Å². The Balaban J connectivity index is 0.000000640. The molecule has 0 aromatic carbocycles. The summed E-state index contributed by atoms with van der Waals surface area (Å²) < 4.78 is 0. The minimum atomic E-state index is 0. The Labute approximate surface area is 67.9 Å². The van der Waals surface area contributed by atoms with Gasteiger partial charge in [0.1, 0.15) is 0 Å². The van der Waals surface area contributed by atoms with Gasteiger partial charge in [0, 0.05) is 20.4 Å². The molecule has 0 spiro atoms. The molecule has 0 atom stereocenters. The van der Waals surface area contributed by atoms with E-state index in [0.717, 1.165) is 5.82 Å². The first-order chi connectivity index (χ1) is 3.80. The molecule has 0 aliphatic rings. The van der Waals surface area contributed by atoms with E-state index in [1.165, 1.54) is 0 Å². The average molecular weight is 296 g/mol. The molecule has 1 aromatic heterocycles. The Morgan fingerprint density at radius 2 is 2.22 bits per heavy atom. The van der Waals surface area contributed by atoms with Crippen molar-refractivity contribution in [2.45, 2.75) is 19.8 Å². The van der Waals surface area contributed by atoms with Crippen molar-refractivity contribution in [3.63, 3.8) is 0 Å². The fraction of sp³-hybridized carbons (Fsp3) is 0.600. The number of nitrogens with one attached hydrogen (secondary N) is 1. The van der Waals surface area contributed by atoms with Gasteiger partial charge in [-0.3, -0.25) is 5.10 Å². The van der Waals surface area contributed by atoms with Crippen molar-refractivity contribution in [3.05, 3.63) is 12.2 Å². The zero-order valence-electron chi connectivity index (χ0n) is 5.35. The largest absolute Gasteiger partial charge is 0.418 e. The van der Waals surface area contributed by atoms with Crippen molar-refractivity contribution in [1.82, 2.24) is 15.2 Å². The summed E-state index contributed by atoms with van der Waals surface area (Å²) in [6.45, 7) is 4.10. The van der Waals surface area contributed by atoms with E-state index >= 15 is 0 Å². The Morgan fingerprint density at radius 3 is 2.44 bits per heavy atom. The summed E-state index contributed by atoms with van der Waals surface area (Å²) in [5.41, 5.74) is 0. The fourth-order valence-electron chi connectivity index (χ4n) is 0.444. The van der Waals surface area contributed by atoms with Gasteiger partial charge in [0.15, 0.2) is 0 Å². The number of nitrogens with zero attached hydrogens (tertiary/aromatic N) is 2. The number of aromatic nitrogens is 3. The first-order valence-electron chi connectivity index (χ1n) is 2.59. The summed E-state index contributed by atoms with van der Waals surface area (Å²) in [6.07, 6.45) is 2.46. The molecule has 51 valence electrons. The van der Waals surface area contributed by atoms with Crippen LogP contribution in [0.5, 0.6) is 0 Å². The molecule has 0 unspecified atom stereocenters. The van der Waals surface area contributed by atoms with Crippen LogP contribution in [0.1, 0.15) is 25.6 Å². The Hall–Kier alpha value is -0.198. The Bertz CT molecular complexity index is 147. The molecule has 0 aliphatic carbocycles. The summed E-state index contributed by atoms with van der Waals surface area (Å²) in [5.74, 6) is 1.32. The number of aromatic amines is 1. The second-order valence-electron chi connectivity index (χ2n) is 1.98. The standard InChI is InChI=1S/C5H8N3.Re/c1-4(2)5-6-3-7-8-5;/h4H,1-2H3,(H,6,7,8);/q-1;. The van der Waals surface area contributed by atoms with Crippen LogP contribution in [0.3, 0.4) is 0 Å². The third-order valence-corrected chi connectivity index (χ3v) is 0.938. The summed E-state index contributed by atoms with van der Waals surface area (Å²) in [5, 5.41) is 6.30. The quantitative estimate of drug-likeness (QED) is 0.776. The topological polar surface area (TPSA) is 41.6 Å². The Kier molecular flexibility index (Phi) is 3.67. The third-order valence-electron chi connectivity index (χ3n) is 0.938. The molecule has 1 aromatic rings. The molecular formula is C5H8N3Re-. The van der Waals surface area contributed by atoms with Gasteiger partial charge < -0.3 is 10.1 Å². The molecule has 3 nitrogen and oxygen atoms in total. The van der Waals surface area contributed by atoms with E-state index in [1.807, 2.05) is 13.8 Å². The molecule has 0 aliphatic heterocycles. The minimum Gasteiger partial charge on any atom is -0.418 e. The van der Waals surface area contributed by atoms with Crippen molar-refractivity contribution < 1.29 is 20.4 Å². The predicted molar refractivity (Wildman–Crippen MR) is 29.3 cm³/mol. The van der Waals surface area contributed by atoms with Crippen LogP contribution in [0.25, 0.3) is 0 Å². The molecule has 1 heterocycles. The van der Waals surface area contributed by atoms with Gasteiger partial charge in [-0.1, -0.05) is 19.8 Å². The second kappa shape index (κ2) is 3.76. The molecule has 0 amide bonds. The van der Waals surface area contributed by atoms with Crippen molar-refractivity contribution in [1.29, 1.82) is 0 Å². The molecule has 0 saturated carbocycles. The maximum Gasteiger partial charge on any atom is 0 e. The van der Waals surface area contributed by atoms with Crippen LogP contribution in [0.4, 0.5) is 0 Å². The van der Waals surface area contributed by atoms with Gasteiger partial charge in [0.2, 0.25) is 0 Å². The SMILES string of the molecule is CC(C)c1n[c-]n[nH]1.[Re]. The number of hydrogen-bond acceptors (Lipinski definition) is 2. The van der Waals surface area contributed by atoms with Gasteiger partial charge in [-0.2, -0.15) is 0 Å². The summed E-state index contributed by atoms with van der Waals surface area (Å²) >= 11 is 0. The first kappa shape index (κ1) is 8.80. The van der Waals surface area contributed by atoms with Crippen LogP contribution in [0.2, 0.25) is 0 Å². The van der Waals surface area contributed by atoms with Crippen LogP contribution in [0, 0.1) is 6.33 Å². The monoisotopic (exact) mass is 297 g/mol. The maximum atomic E-state index is 3.82. The smallest absolute Gasteiger partial charge is 0 e. The van der Waals surface area contributed by atoms with Crippen LogP contribution in [-0.4, -0.2) is 15.2 Å². The minimum absolute atomic E-state index is 0. The first-order valence-corrected chi connectivity index (χ1v) is 2.59. The van der Waals surface area contributed by atoms with Gasteiger partial charge in [-0.05, 0) is 12.2 Å². The normalized spacial score (nSPS) is 9.22. The van der Waals surface area contributed by atoms with Crippen molar-refractivity contribution in [2.24, 2.45) is 0 Å². The van der Waals surface area contributed by atoms with E-state index in [0.29, 0.717) is 5.92 Å². The van der Waals surface area contributed by atoms with Crippen molar-refractivity contribution in [3.8, 4) is 0 Å². The van der Waals surface area contributed by atoms with Crippen molar-refractivity contribution in [2.75, 3.05) is 0 Å². The van der Waals surface area contributed by atoms with Crippen LogP contribution in [-0.2, 0) is 20.4 Å². The zero-order valence-corrected chi connectivity index (χ0v) is 8.07. The predicted octanol–water partition coefficient (Wildman–Crippen LogP) is 0.726. The zero-order chi connectivity index (χ0) is 5.98. The van der Waals surface area contributed by atoms with Gasteiger partial charge in [0.05, 0.1) is 0 Å². The Morgan fingerprint density at radius 1 is 1.56 bits per heavy atom. The third kappa shape index (κ3) is 2.25. The summed E-state index contributed by atoms with van der Waals surface area (Å²) in [7, 11) is 0. The second-order valence-corrected chi connectivity index (χ2v) is 1.98. The summed E-state index contributed by atoms with van der Waals surface area (Å²) in [6, 6.07) is 0. The average Bonchev–Trinajstić information content (AvgIpc) is 2.12. The molecule has 0 saturated heterocycles. The van der Waals surface area contributed by atoms with E-state index in [2.05, 4.69) is 21.5 Å². The molecule has 1 rings (SSSR count). The number of rotatable bonds is 1. The van der Waals surface area contributed by atoms with Gasteiger partial charge in [0.25, 0.3) is 0 Å². The van der Waals surface area contributed by atoms with E-state index in [-0.39, 0.29) is 20.4 Å². The van der Waals surface area contributed by atoms with Gasteiger partial charge in [-0.25, -0.2) is 0 Å². The molecule has 9 heavy (non-hydrogen) atoms. The molecule has 0 bridgehead atoms. The molecule has 0 fully saturated rings. The van der Waals surface area contributed by atoms with Crippen LogP contribution in [0.15, 0.2) is 0 Å².